The summed E-state index contributed by atoms with van der Waals surface area (Å²) in [6.07, 6.45) is 8.72. The van der Waals surface area contributed by atoms with Gasteiger partial charge in [0.1, 0.15) is 0 Å². The third-order valence-corrected chi connectivity index (χ3v) is 2.97. The van der Waals surface area contributed by atoms with Crippen LogP contribution in [0.2, 0.25) is 0 Å². The van der Waals surface area contributed by atoms with E-state index in [-0.39, 0.29) is 0 Å². The lowest BCUT2D eigenvalue weighted by atomic mass is 9.78. The third kappa shape index (κ3) is 1.15. The van der Waals surface area contributed by atoms with Gasteiger partial charge in [-0.2, -0.15) is 0 Å². The van der Waals surface area contributed by atoms with Crippen molar-refractivity contribution in [2.45, 2.75) is 33.1 Å². The van der Waals surface area contributed by atoms with E-state index in [1.54, 1.807) is 11.1 Å². The Morgan fingerprint density at radius 3 is 2.45 bits per heavy atom. The molecular weight excluding hydrogens is 132 g/mol. The van der Waals surface area contributed by atoms with E-state index >= 15 is 0 Å². The molecule has 60 valence electrons. The van der Waals surface area contributed by atoms with E-state index in [1.807, 2.05) is 0 Å². The highest BCUT2D eigenvalue weighted by atomic mass is 14.4. The summed E-state index contributed by atoms with van der Waals surface area (Å²) in [4.78, 5) is 0. The minimum absolute atomic E-state index is 0.833. The lowest BCUT2D eigenvalue weighted by Crippen LogP contribution is -2.13. The van der Waals surface area contributed by atoms with Gasteiger partial charge in [0.15, 0.2) is 0 Å². The minimum Gasteiger partial charge on any atom is -0.0911 e. The lowest BCUT2D eigenvalue weighted by Gasteiger charge is -2.27. The van der Waals surface area contributed by atoms with Crippen molar-refractivity contribution >= 4 is 0 Å². The topological polar surface area (TPSA) is 0 Å². The molecule has 0 bridgehead atoms. The number of hydrogen-bond donors (Lipinski definition) is 0. The van der Waals surface area contributed by atoms with Crippen LogP contribution in [-0.4, -0.2) is 0 Å². The molecular formula is C11H16. The van der Waals surface area contributed by atoms with E-state index in [4.69, 9.17) is 0 Å². The average Bonchev–Trinajstić information content (AvgIpc) is 2.60. The Morgan fingerprint density at radius 1 is 1.36 bits per heavy atom. The zero-order valence-corrected chi connectivity index (χ0v) is 7.43. The Balaban J connectivity index is 2.07. The predicted octanol–water partition coefficient (Wildman–Crippen LogP) is 3.31. The first-order chi connectivity index (χ1) is 5.33. The monoisotopic (exact) mass is 148 g/mol. The van der Waals surface area contributed by atoms with Gasteiger partial charge in [-0.05, 0) is 38.0 Å². The zero-order chi connectivity index (χ0) is 7.84. The molecule has 0 aromatic carbocycles. The first-order valence-corrected chi connectivity index (χ1v) is 4.67. The Kier molecular flexibility index (Phi) is 1.63. The molecule has 0 aromatic heterocycles. The molecule has 2 saturated carbocycles. The van der Waals surface area contributed by atoms with E-state index < -0.39 is 0 Å². The fourth-order valence-corrected chi connectivity index (χ4v) is 2.02. The Hall–Kier alpha value is -0.520. The molecule has 0 N–H and O–H groups in total. The van der Waals surface area contributed by atoms with Gasteiger partial charge >= 0.3 is 0 Å². The van der Waals surface area contributed by atoms with Gasteiger partial charge in [-0.1, -0.05) is 30.2 Å². The van der Waals surface area contributed by atoms with Gasteiger partial charge < -0.3 is 0 Å². The predicted molar refractivity (Wildman–Crippen MR) is 48.3 cm³/mol. The normalized spacial score (nSPS) is 42.7. The highest BCUT2D eigenvalue weighted by Crippen LogP contribution is 2.49. The molecule has 2 fully saturated rings. The van der Waals surface area contributed by atoms with Gasteiger partial charge in [-0.3, -0.25) is 0 Å². The second-order valence-corrected chi connectivity index (χ2v) is 3.83. The van der Waals surface area contributed by atoms with Crippen LogP contribution in [0, 0.1) is 11.8 Å². The summed E-state index contributed by atoms with van der Waals surface area (Å²) in [6, 6.07) is 0. The number of hydrogen-bond acceptors (Lipinski definition) is 0. The molecule has 0 radical (unpaired) electrons. The van der Waals surface area contributed by atoms with Crippen molar-refractivity contribution in [3.05, 3.63) is 23.3 Å². The maximum atomic E-state index is 2.36. The molecule has 0 saturated heterocycles. The van der Waals surface area contributed by atoms with Gasteiger partial charge in [0.05, 0.1) is 0 Å². The zero-order valence-electron chi connectivity index (χ0n) is 7.43. The SMILES string of the molecule is CC=CC1CCC1=C1CC1C. The molecule has 0 aliphatic heterocycles. The summed E-state index contributed by atoms with van der Waals surface area (Å²) in [6.45, 7) is 4.46. The summed E-state index contributed by atoms with van der Waals surface area (Å²) < 4.78 is 0. The molecule has 0 heterocycles. The number of allylic oxidation sites excluding steroid dienone is 4. The van der Waals surface area contributed by atoms with E-state index in [2.05, 4.69) is 26.0 Å². The fourth-order valence-electron chi connectivity index (χ4n) is 2.02. The molecule has 0 heteroatoms. The average molecular weight is 148 g/mol. The van der Waals surface area contributed by atoms with E-state index in [0.717, 1.165) is 11.8 Å². The molecule has 0 nitrogen and oxygen atoms in total. The molecule has 2 aliphatic rings. The second-order valence-electron chi connectivity index (χ2n) is 3.83. The molecule has 0 aromatic rings. The maximum absolute atomic E-state index is 2.36. The van der Waals surface area contributed by atoms with Crippen LogP contribution in [0.1, 0.15) is 33.1 Å². The van der Waals surface area contributed by atoms with Crippen molar-refractivity contribution < 1.29 is 0 Å². The summed E-state index contributed by atoms with van der Waals surface area (Å²) in [5.74, 6) is 1.76. The molecule has 0 spiro atoms. The molecule has 2 aliphatic carbocycles. The van der Waals surface area contributed by atoms with Gasteiger partial charge in [0.2, 0.25) is 0 Å². The lowest BCUT2D eigenvalue weighted by molar-refractivity contribution is 0.527. The second kappa shape index (κ2) is 2.51. The summed E-state index contributed by atoms with van der Waals surface area (Å²) in [7, 11) is 0. The van der Waals surface area contributed by atoms with Crippen molar-refractivity contribution in [1.82, 2.24) is 0 Å². The third-order valence-electron chi connectivity index (χ3n) is 2.97. The van der Waals surface area contributed by atoms with Crippen LogP contribution >= 0.6 is 0 Å². The van der Waals surface area contributed by atoms with Gasteiger partial charge in [-0.25, -0.2) is 0 Å². The molecule has 2 rings (SSSR count). The Labute approximate surface area is 69.0 Å². The van der Waals surface area contributed by atoms with Crippen molar-refractivity contribution in [3.63, 3.8) is 0 Å². The smallest absolute Gasteiger partial charge is 0.00175 e. The van der Waals surface area contributed by atoms with Crippen LogP contribution in [0.25, 0.3) is 0 Å². The van der Waals surface area contributed by atoms with Crippen molar-refractivity contribution in [1.29, 1.82) is 0 Å². The first kappa shape index (κ1) is 7.15. The van der Waals surface area contributed by atoms with Gasteiger partial charge in [0, 0.05) is 0 Å². The fraction of sp³-hybridized carbons (Fsp3) is 0.636. The highest BCUT2D eigenvalue weighted by Gasteiger charge is 2.34. The van der Waals surface area contributed by atoms with Crippen molar-refractivity contribution in [2.24, 2.45) is 11.8 Å². The van der Waals surface area contributed by atoms with Crippen molar-refractivity contribution in [3.8, 4) is 0 Å². The van der Waals surface area contributed by atoms with Crippen LogP contribution in [0.3, 0.4) is 0 Å². The minimum atomic E-state index is 0.833. The molecule has 11 heavy (non-hydrogen) atoms. The molecule has 2 atom stereocenters. The largest absolute Gasteiger partial charge is 0.0911 e. The van der Waals surface area contributed by atoms with Crippen LogP contribution < -0.4 is 0 Å². The first-order valence-electron chi connectivity index (χ1n) is 4.67. The van der Waals surface area contributed by atoms with Crippen LogP contribution in [0.5, 0.6) is 0 Å². The summed E-state index contributed by atoms with van der Waals surface area (Å²) in [5, 5.41) is 0. The van der Waals surface area contributed by atoms with Crippen molar-refractivity contribution in [2.75, 3.05) is 0 Å². The van der Waals surface area contributed by atoms with Crippen LogP contribution in [0.4, 0.5) is 0 Å². The molecule has 0 amide bonds. The maximum Gasteiger partial charge on any atom is -0.00175 e. The summed E-state index contributed by atoms with van der Waals surface area (Å²) >= 11 is 0. The summed E-state index contributed by atoms with van der Waals surface area (Å²) in [5.41, 5.74) is 3.55. The quantitative estimate of drug-likeness (QED) is 0.500. The Bertz CT molecular complexity index is 220. The number of rotatable bonds is 1. The van der Waals surface area contributed by atoms with Crippen LogP contribution in [-0.2, 0) is 0 Å². The van der Waals surface area contributed by atoms with E-state index in [1.165, 1.54) is 19.3 Å². The van der Waals surface area contributed by atoms with Crippen LogP contribution in [0.15, 0.2) is 23.3 Å². The standard InChI is InChI=1S/C11H16/c1-3-4-9-5-6-10(9)11-7-8(11)2/h3-4,8-9H,5-7H2,1-2H3. The van der Waals surface area contributed by atoms with Gasteiger partial charge in [-0.15, -0.1) is 0 Å². The molecule has 2 unspecified atom stereocenters. The Morgan fingerprint density at radius 2 is 2.09 bits per heavy atom. The van der Waals surface area contributed by atoms with Gasteiger partial charge in [0.25, 0.3) is 0 Å². The van der Waals surface area contributed by atoms with E-state index in [0.29, 0.717) is 0 Å². The highest BCUT2D eigenvalue weighted by molar-refractivity contribution is 5.36. The van der Waals surface area contributed by atoms with E-state index in [9.17, 15) is 0 Å².